The van der Waals surface area contributed by atoms with E-state index in [-0.39, 0.29) is 22.8 Å². The van der Waals surface area contributed by atoms with Crippen molar-refractivity contribution in [2.45, 2.75) is 17.4 Å². The first-order valence-corrected chi connectivity index (χ1v) is 11.4. The molecule has 0 aliphatic rings. The lowest BCUT2D eigenvalue weighted by Gasteiger charge is -2.20. The fourth-order valence-corrected chi connectivity index (χ4v) is 3.77. The molecule has 3 rings (SSSR count). The minimum Gasteiger partial charge on any atom is -0.378 e. The first-order valence-electron chi connectivity index (χ1n) is 9.06. The van der Waals surface area contributed by atoms with E-state index in [1.165, 1.54) is 36.4 Å². The van der Waals surface area contributed by atoms with Crippen molar-refractivity contribution in [3.63, 3.8) is 0 Å². The first-order chi connectivity index (χ1) is 14.6. The number of nitro groups is 1. The van der Waals surface area contributed by atoms with Crippen molar-refractivity contribution in [3.05, 3.63) is 98.5 Å². The zero-order chi connectivity index (χ0) is 22.6. The number of nitro benzene ring substituents is 1. The zero-order valence-electron chi connectivity index (χ0n) is 16.1. The van der Waals surface area contributed by atoms with Crippen LogP contribution in [0.25, 0.3) is 0 Å². The smallest absolute Gasteiger partial charge is 0.269 e. The number of anilines is 1. The van der Waals surface area contributed by atoms with Gasteiger partial charge in [-0.15, -0.1) is 0 Å². The number of hydrogen-bond acceptors (Lipinski definition) is 6. The number of ketones is 1. The van der Waals surface area contributed by atoms with Crippen molar-refractivity contribution < 1.29 is 18.1 Å². The van der Waals surface area contributed by atoms with Crippen LogP contribution in [0.15, 0.2) is 82.2 Å². The first kappa shape index (κ1) is 22.6. The van der Waals surface area contributed by atoms with Crippen LogP contribution in [0, 0.1) is 10.1 Å². The van der Waals surface area contributed by atoms with Gasteiger partial charge in [0.25, 0.3) is 5.69 Å². The second-order valence-corrected chi connectivity index (χ2v) is 9.23. The summed E-state index contributed by atoms with van der Waals surface area (Å²) in [6.07, 6.45) is 0.0275. The maximum atomic E-state index is 12.8. The molecule has 10 heteroatoms. The van der Waals surface area contributed by atoms with E-state index >= 15 is 0 Å². The van der Waals surface area contributed by atoms with Gasteiger partial charge in [-0.2, -0.15) is 0 Å². The molecule has 3 N–H and O–H groups in total. The van der Waals surface area contributed by atoms with Crippen LogP contribution < -0.4 is 10.5 Å². The summed E-state index contributed by atoms with van der Waals surface area (Å²) in [5.41, 5.74) is 1.50. The number of sulfonamides is 1. The monoisotopic (exact) mass is 503 g/mol. The molecule has 0 fully saturated rings. The lowest BCUT2D eigenvalue weighted by molar-refractivity contribution is -0.384. The lowest BCUT2D eigenvalue weighted by atomic mass is 9.97. The van der Waals surface area contributed by atoms with Gasteiger partial charge < -0.3 is 5.32 Å². The number of halogens is 1. The van der Waals surface area contributed by atoms with Crippen molar-refractivity contribution >= 4 is 43.1 Å². The van der Waals surface area contributed by atoms with E-state index in [0.29, 0.717) is 16.8 Å². The maximum Gasteiger partial charge on any atom is 0.269 e. The Kier molecular flexibility index (Phi) is 6.84. The van der Waals surface area contributed by atoms with Crippen molar-refractivity contribution in [3.8, 4) is 0 Å². The van der Waals surface area contributed by atoms with Crippen molar-refractivity contribution in [2.75, 3.05) is 5.32 Å². The van der Waals surface area contributed by atoms with Gasteiger partial charge in [-0.3, -0.25) is 14.9 Å². The van der Waals surface area contributed by atoms with Crippen LogP contribution in [-0.2, 0) is 10.0 Å². The standard InChI is InChI=1S/C21H18BrN3O5S/c22-16-6-4-14(5-7-16)21(26)13-20(15-2-1-3-18(12-15)25(27)28)24-17-8-10-19(11-9-17)31(23,29)30/h1-12,20,24H,13H2,(H2,23,29,30). The Bertz CT molecular complexity index is 1210. The average Bonchev–Trinajstić information content (AvgIpc) is 2.73. The van der Waals surface area contributed by atoms with Gasteiger partial charge >= 0.3 is 0 Å². The van der Waals surface area contributed by atoms with E-state index in [0.717, 1.165) is 4.47 Å². The number of carbonyl (C=O) groups is 1. The van der Waals surface area contributed by atoms with Crippen LogP contribution >= 0.6 is 15.9 Å². The summed E-state index contributed by atoms with van der Waals surface area (Å²) in [4.78, 5) is 23.5. The molecule has 0 aromatic heterocycles. The van der Waals surface area contributed by atoms with Gasteiger partial charge in [0.05, 0.1) is 15.9 Å². The summed E-state index contributed by atoms with van der Waals surface area (Å²) in [6.45, 7) is 0. The topological polar surface area (TPSA) is 132 Å². The number of nitrogens with two attached hydrogens (primary N) is 1. The minimum atomic E-state index is -3.83. The molecule has 1 atom stereocenters. The van der Waals surface area contributed by atoms with Gasteiger partial charge in [0, 0.05) is 34.3 Å². The number of Topliss-reactive ketones (excluding diaryl/α,β-unsaturated/α-hetero) is 1. The van der Waals surface area contributed by atoms with Crippen LogP contribution in [0.3, 0.4) is 0 Å². The molecule has 3 aromatic rings. The summed E-state index contributed by atoms with van der Waals surface area (Å²) in [5.74, 6) is -0.155. The van der Waals surface area contributed by atoms with Gasteiger partial charge in [-0.25, -0.2) is 13.6 Å². The van der Waals surface area contributed by atoms with E-state index in [1.54, 1.807) is 36.4 Å². The Morgan fingerprint density at radius 2 is 1.71 bits per heavy atom. The lowest BCUT2D eigenvalue weighted by Crippen LogP contribution is -2.16. The highest BCUT2D eigenvalue weighted by atomic mass is 79.9. The van der Waals surface area contributed by atoms with Gasteiger partial charge in [-0.05, 0) is 42.0 Å². The molecule has 0 amide bonds. The molecular formula is C21H18BrN3O5S. The highest BCUT2D eigenvalue weighted by Gasteiger charge is 2.20. The third kappa shape index (κ3) is 5.97. The normalized spacial score (nSPS) is 12.2. The molecule has 31 heavy (non-hydrogen) atoms. The Balaban J connectivity index is 1.92. The summed E-state index contributed by atoms with van der Waals surface area (Å²) in [6, 6.07) is 18.1. The van der Waals surface area contributed by atoms with Crippen molar-refractivity contribution in [2.24, 2.45) is 5.14 Å². The van der Waals surface area contributed by atoms with Crippen LogP contribution in [0.1, 0.15) is 28.4 Å². The maximum absolute atomic E-state index is 12.8. The molecule has 0 aliphatic heterocycles. The third-order valence-corrected chi connectivity index (χ3v) is 6.02. The van der Waals surface area contributed by atoms with E-state index in [9.17, 15) is 23.3 Å². The SMILES string of the molecule is NS(=O)(=O)c1ccc(NC(CC(=O)c2ccc(Br)cc2)c2cccc([N+](=O)[O-])c2)cc1. The zero-order valence-corrected chi connectivity index (χ0v) is 18.5. The molecule has 0 heterocycles. The van der Waals surface area contributed by atoms with Gasteiger partial charge in [0.15, 0.2) is 5.78 Å². The number of hydrogen-bond donors (Lipinski definition) is 2. The predicted octanol–water partition coefficient (Wildman–Crippen LogP) is 4.43. The molecule has 0 saturated carbocycles. The van der Waals surface area contributed by atoms with Crippen LogP contribution in [0.4, 0.5) is 11.4 Å². The molecule has 3 aromatic carbocycles. The van der Waals surface area contributed by atoms with Crippen molar-refractivity contribution in [1.29, 1.82) is 0 Å². The van der Waals surface area contributed by atoms with Crippen molar-refractivity contribution in [1.82, 2.24) is 0 Å². The summed E-state index contributed by atoms with van der Waals surface area (Å²) < 4.78 is 23.8. The number of carbonyl (C=O) groups excluding carboxylic acids is 1. The minimum absolute atomic E-state index is 0.0275. The summed E-state index contributed by atoms with van der Waals surface area (Å²) >= 11 is 3.33. The largest absolute Gasteiger partial charge is 0.378 e. The Hall–Kier alpha value is -3.08. The highest BCUT2D eigenvalue weighted by Crippen LogP contribution is 2.28. The molecular weight excluding hydrogens is 486 g/mol. The summed E-state index contributed by atoms with van der Waals surface area (Å²) in [5, 5.41) is 19.5. The third-order valence-electron chi connectivity index (χ3n) is 4.56. The van der Waals surface area contributed by atoms with E-state index in [2.05, 4.69) is 21.2 Å². The second-order valence-electron chi connectivity index (χ2n) is 6.75. The van der Waals surface area contributed by atoms with E-state index in [1.807, 2.05) is 0 Å². The number of primary sulfonamides is 1. The molecule has 0 saturated heterocycles. The quantitative estimate of drug-likeness (QED) is 0.265. The number of non-ortho nitro benzene ring substituents is 1. The predicted molar refractivity (Wildman–Crippen MR) is 120 cm³/mol. The highest BCUT2D eigenvalue weighted by molar-refractivity contribution is 9.10. The molecule has 0 radical (unpaired) electrons. The number of nitrogens with one attached hydrogen (secondary N) is 1. The number of rotatable bonds is 8. The van der Waals surface area contributed by atoms with Crippen LogP contribution in [0.5, 0.6) is 0 Å². The molecule has 160 valence electrons. The Morgan fingerprint density at radius 1 is 1.06 bits per heavy atom. The molecule has 8 nitrogen and oxygen atoms in total. The fourth-order valence-electron chi connectivity index (χ4n) is 2.99. The van der Waals surface area contributed by atoms with E-state index < -0.39 is 21.0 Å². The molecule has 0 bridgehead atoms. The van der Waals surface area contributed by atoms with Gasteiger partial charge in [0.2, 0.25) is 10.0 Å². The molecule has 1 unspecified atom stereocenters. The number of nitrogens with zero attached hydrogens (tertiary/aromatic N) is 1. The summed E-state index contributed by atoms with van der Waals surface area (Å²) in [7, 11) is -3.83. The Labute approximate surface area is 187 Å². The van der Waals surface area contributed by atoms with Crippen LogP contribution in [-0.4, -0.2) is 19.1 Å². The van der Waals surface area contributed by atoms with E-state index in [4.69, 9.17) is 5.14 Å². The average molecular weight is 504 g/mol. The van der Waals surface area contributed by atoms with Crippen LogP contribution in [0.2, 0.25) is 0 Å². The fraction of sp³-hybridized carbons (Fsp3) is 0.0952. The Morgan fingerprint density at radius 3 is 2.29 bits per heavy atom. The molecule has 0 spiro atoms. The number of benzene rings is 3. The van der Waals surface area contributed by atoms with Gasteiger partial charge in [0.1, 0.15) is 0 Å². The second kappa shape index (κ2) is 9.38. The van der Waals surface area contributed by atoms with Gasteiger partial charge in [-0.1, -0.05) is 40.2 Å². The molecule has 0 aliphatic carbocycles.